The summed E-state index contributed by atoms with van der Waals surface area (Å²) in [6.07, 6.45) is 0.817. The third kappa shape index (κ3) is 1.85. The van der Waals surface area contributed by atoms with E-state index in [1.807, 2.05) is 27.7 Å². The summed E-state index contributed by atoms with van der Waals surface area (Å²) in [5.74, 6) is -0.686. The van der Waals surface area contributed by atoms with Gasteiger partial charge in [0, 0.05) is 24.0 Å². The minimum Gasteiger partial charge on any atom is -0.377 e. The van der Waals surface area contributed by atoms with Crippen molar-refractivity contribution in [1.29, 1.82) is 0 Å². The number of rotatable bonds is 4. The first kappa shape index (κ1) is 15.3. The van der Waals surface area contributed by atoms with E-state index >= 15 is 0 Å². The molecule has 3 atom stereocenters. The van der Waals surface area contributed by atoms with Crippen molar-refractivity contribution in [3.05, 3.63) is 0 Å². The molecule has 0 spiro atoms. The van der Waals surface area contributed by atoms with Gasteiger partial charge in [-0.1, -0.05) is 13.8 Å². The van der Waals surface area contributed by atoms with Crippen molar-refractivity contribution in [2.24, 2.45) is 22.8 Å². The molecular weight excluding hydrogens is 258 g/mol. The predicted molar refractivity (Wildman–Crippen MR) is 74.6 cm³/mol. The summed E-state index contributed by atoms with van der Waals surface area (Å²) in [4.78, 5) is 25.6. The zero-order valence-electron chi connectivity index (χ0n) is 12.7. The fourth-order valence-electron chi connectivity index (χ4n) is 3.71. The highest BCUT2D eigenvalue weighted by molar-refractivity contribution is 5.92. The molecule has 0 aromatic heterocycles. The molecule has 2 rings (SSSR count). The highest BCUT2D eigenvalue weighted by Crippen LogP contribution is 2.58. The quantitative estimate of drug-likeness (QED) is 0.749. The van der Waals surface area contributed by atoms with Crippen molar-refractivity contribution in [3.63, 3.8) is 0 Å². The smallest absolute Gasteiger partial charge is 0.244 e. The van der Waals surface area contributed by atoms with Crippen LogP contribution in [0.5, 0.6) is 0 Å². The lowest BCUT2D eigenvalue weighted by molar-refractivity contribution is -0.186. The summed E-state index contributed by atoms with van der Waals surface area (Å²) in [5, 5.41) is 0. The molecule has 0 aromatic carbocycles. The molecule has 2 amide bonds. The lowest BCUT2D eigenvalue weighted by Gasteiger charge is -2.61. The molecule has 1 heterocycles. The minimum atomic E-state index is -0.978. The van der Waals surface area contributed by atoms with Crippen LogP contribution in [-0.4, -0.2) is 47.6 Å². The third-order valence-corrected chi connectivity index (χ3v) is 5.02. The van der Waals surface area contributed by atoms with Crippen molar-refractivity contribution in [2.75, 3.05) is 13.2 Å². The van der Waals surface area contributed by atoms with E-state index in [-0.39, 0.29) is 30.5 Å². The Morgan fingerprint density at radius 1 is 1.40 bits per heavy atom. The first-order valence-corrected chi connectivity index (χ1v) is 7.14. The lowest BCUT2D eigenvalue weighted by atomic mass is 9.47. The van der Waals surface area contributed by atoms with Gasteiger partial charge in [0.05, 0.1) is 12.6 Å². The topological polar surface area (TPSA) is 98.7 Å². The van der Waals surface area contributed by atoms with Crippen LogP contribution in [0.4, 0.5) is 0 Å². The molecule has 2 aliphatic rings. The van der Waals surface area contributed by atoms with Gasteiger partial charge in [-0.25, -0.2) is 0 Å². The van der Waals surface area contributed by atoms with Gasteiger partial charge < -0.3 is 21.1 Å². The molecule has 20 heavy (non-hydrogen) atoms. The van der Waals surface area contributed by atoms with E-state index in [2.05, 4.69) is 0 Å². The number of nitrogens with two attached hydrogens (primary N) is 2. The number of primary amides is 1. The Hall–Kier alpha value is -1.14. The molecule has 2 fully saturated rings. The average Bonchev–Trinajstić information content (AvgIpc) is 2.81. The third-order valence-electron chi connectivity index (χ3n) is 5.02. The number of hydrogen-bond donors (Lipinski definition) is 2. The molecule has 4 N–H and O–H groups in total. The number of amides is 2. The van der Waals surface area contributed by atoms with Crippen LogP contribution >= 0.6 is 0 Å². The largest absolute Gasteiger partial charge is 0.377 e. The zero-order chi connectivity index (χ0) is 15.3. The fraction of sp³-hybridized carbons (Fsp3) is 0.857. The standard InChI is InChI=1S/C14H25N3O3/c1-8(2)17(7-10(15)18)12(19)14(16)9-5-6-20-11(9)13(14,3)4/h8-9,11H,5-7,16H2,1-4H3,(H2,15,18). The first-order valence-electron chi connectivity index (χ1n) is 7.14. The summed E-state index contributed by atoms with van der Waals surface area (Å²) >= 11 is 0. The Morgan fingerprint density at radius 3 is 2.50 bits per heavy atom. The maximum Gasteiger partial charge on any atom is 0.244 e. The van der Waals surface area contributed by atoms with E-state index in [1.165, 1.54) is 4.90 Å². The van der Waals surface area contributed by atoms with Crippen LogP contribution in [0.15, 0.2) is 0 Å². The van der Waals surface area contributed by atoms with Crippen LogP contribution in [0.1, 0.15) is 34.1 Å². The monoisotopic (exact) mass is 283 g/mol. The second-order valence-corrected chi connectivity index (χ2v) is 6.77. The Bertz CT molecular complexity index is 435. The number of nitrogens with zero attached hydrogens (tertiary/aromatic N) is 1. The van der Waals surface area contributed by atoms with E-state index in [0.29, 0.717) is 6.61 Å². The van der Waals surface area contributed by atoms with Gasteiger partial charge in [0.25, 0.3) is 0 Å². The number of hydrogen-bond acceptors (Lipinski definition) is 4. The molecule has 1 aliphatic carbocycles. The lowest BCUT2D eigenvalue weighted by Crippen LogP contribution is -2.80. The van der Waals surface area contributed by atoms with Crippen molar-refractivity contribution >= 4 is 11.8 Å². The predicted octanol–water partition coefficient (Wildman–Crippen LogP) is -0.149. The Morgan fingerprint density at radius 2 is 2.00 bits per heavy atom. The summed E-state index contributed by atoms with van der Waals surface area (Å²) in [6.45, 7) is 8.18. The van der Waals surface area contributed by atoms with Crippen molar-refractivity contribution < 1.29 is 14.3 Å². The Balaban J connectivity index is 2.28. The van der Waals surface area contributed by atoms with Crippen LogP contribution in [0.3, 0.4) is 0 Å². The second kappa shape index (κ2) is 4.70. The molecular formula is C14H25N3O3. The van der Waals surface area contributed by atoms with Crippen LogP contribution < -0.4 is 11.5 Å². The van der Waals surface area contributed by atoms with Gasteiger partial charge in [0.1, 0.15) is 5.54 Å². The van der Waals surface area contributed by atoms with Crippen LogP contribution in [-0.2, 0) is 14.3 Å². The molecule has 1 aliphatic heterocycles. The maximum absolute atomic E-state index is 12.9. The van der Waals surface area contributed by atoms with E-state index in [4.69, 9.17) is 16.2 Å². The number of carbonyl (C=O) groups excluding carboxylic acids is 2. The first-order chi connectivity index (χ1) is 9.14. The summed E-state index contributed by atoms with van der Waals surface area (Å²) in [6, 6.07) is -0.118. The number of fused-ring (bicyclic) bond motifs is 1. The van der Waals surface area contributed by atoms with Crippen molar-refractivity contribution in [1.82, 2.24) is 4.90 Å². The van der Waals surface area contributed by atoms with E-state index in [0.717, 1.165) is 6.42 Å². The average molecular weight is 283 g/mol. The molecule has 3 unspecified atom stereocenters. The molecule has 114 valence electrons. The SMILES string of the molecule is CC(C)N(CC(N)=O)C(=O)C1(N)C2CCOC2C1(C)C. The maximum atomic E-state index is 12.9. The minimum absolute atomic E-state index is 0.0269. The summed E-state index contributed by atoms with van der Waals surface area (Å²) in [5.41, 5.74) is 10.3. The highest BCUT2D eigenvalue weighted by Gasteiger charge is 2.72. The van der Waals surface area contributed by atoms with Crippen LogP contribution in [0, 0.1) is 11.3 Å². The van der Waals surface area contributed by atoms with Gasteiger partial charge in [-0.05, 0) is 20.3 Å². The van der Waals surface area contributed by atoms with Crippen molar-refractivity contribution in [2.45, 2.75) is 51.8 Å². The van der Waals surface area contributed by atoms with E-state index < -0.39 is 16.9 Å². The molecule has 0 radical (unpaired) electrons. The molecule has 1 saturated heterocycles. The Labute approximate surface area is 119 Å². The number of carbonyl (C=O) groups is 2. The normalized spacial score (nSPS) is 34.5. The van der Waals surface area contributed by atoms with Gasteiger partial charge in [-0.3, -0.25) is 9.59 Å². The summed E-state index contributed by atoms with van der Waals surface area (Å²) in [7, 11) is 0. The van der Waals surface area contributed by atoms with E-state index in [1.54, 1.807) is 0 Å². The second-order valence-electron chi connectivity index (χ2n) is 6.77. The summed E-state index contributed by atoms with van der Waals surface area (Å²) < 4.78 is 5.69. The van der Waals surface area contributed by atoms with Crippen LogP contribution in [0.2, 0.25) is 0 Å². The fourth-order valence-corrected chi connectivity index (χ4v) is 3.71. The Kier molecular flexibility index (Phi) is 3.59. The van der Waals surface area contributed by atoms with Gasteiger partial charge in [-0.2, -0.15) is 0 Å². The van der Waals surface area contributed by atoms with Crippen LogP contribution in [0.25, 0.3) is 0 Å². The number of ether oxygens (including phenoxy) is 1. The zero-order valence-corrected chi connectivity index (χ0v) is 12.7. The van der Waals surface area contributed by atoms with Gasteiger partial charge in [0.15, 0.2) is 0 Å². The van der Waals surface area contributed by atoms with Gasteiger partial charge in [0.2, 0.25) is 11.8 Å². The molecule has 6 heteroatoms. The van der Waals surface area contributed by atoms with E-state index in [9.17, 15) is 9.59 Å². The van der Waals surface area contributed by atoms with Crippen molar-refractivity contribution in [3.8, 4) is 0 Å². The molecule has 0 aromatic rings. The molecule has 0 bridgehead atoms. The molecule has 6 nitrogen and oxygen atoms in total. The van der Waals surface area contributed by atoms with Gasteiger partial charge >= 0.3 is 0 Å². The van der Waals surface area contributed by atoms with Gasteiger partial charge in [-0.15, -0.1) is 0 Å². The highest BCUT2D eigenvalue weighted by atomic mass is 16.5. The molecule has 1 saturated carbocycles.